The minimum atomic E-state index is -0.308. The number of halogens is 1. The number of likely N-dealkylation sites (tertiary alicyclic amines) is 1. The van der Waals surface area contributed by atoms with Crippen LogP contribution in [0.1, 0.15) is 28.9 Å². The van der Waals surface area contributed by atoms with Crippen LogP contribution in [0.2, 0.25) is 5.15 Å². The quantitative estimate of drug-likeness (QED) is 0.610. The molecule has 0 unspecified atom stereocenters. The Morgan fingerprint density at radius 3 is 2.72 bits per heavy atom. The summed E-state index contributed by atoms with van der Waals surface area (Å²) in [6, 6.07) is 3.25. The highest BCUT2D eigenvalue weighted by Gasteiger charge is 2.21. The minimum absolute atomic E-state index is 0.0148. The molecule has 1 aliphatic rings. The maximum absolute atomic E-state index is 12.0. The molecule has 0 N–H and O–H groups in total. The predicted molar refractivity (Wildman–Crippen MR) is 69.9 cm³/mol. The van der Waals surface area contributed by atoms with E-state index in [1.54, 1.807) is 19.1 Å². The molecule has 1 aliphatic heterocycles. The summed E-state index contributed by atoms with van der Waals surface area (Å²) in [7, 11) is 2.07. The molecule has 1 fully saturated rings. The molecule has 0 atom stereocenters. The largest absolute Gasteiger partial charge is 0.459 e. The number of esters is 1. The summed E-state index contributed by atoms with van der Waals surface area (Å²) >= 11 is 5.83. The fourth-order valence-electron chi connectivity index (χ4n) is 2.07. The van der Waals surface area contributed by atoms with Crippen molar-refractivity contribution in [3.63, 3.8) is 0 Å². The second-order valence-corrected chi connectivity index (χ2v) is 5.12. The first-order chi connectivity index (χ1) is 8.54. The summed E-state index contributed by atoms with van der Waals surface area (Å²) in [4.78, 5) is 18.2. The first-order valence-corrected chi connectivity index (χ1v) is 6.46. The van der Waals surface area contributed by atoms with Crippen LogP contribution in [-0.4, -0.2) is 42.1 Å². The smallest absolute Gasteiger partial charge is 0.338 e. The SMILES string of the molecule is Cc1cc(C(=O)OC2CCN(C)CC2)cc(Cl)n1. The van der Waals surface area contributed by atoms with Gasteiger partial charge in [-0.3, -0.25) is 0 Å². The van der Waals surface area contributed by atoms with Crippen LogP contribution in [0, 0.1) is 6.92 Å². The summed E-state index contributed by atoms with van der Waals surface area (Å²) in [6.45, 7) is 3.74. The molecule has 1 aromatic heterocycles. The van der Waals surface area contributed by atoms with Gasteiger partial charge in [0.1, 0.15) is 11.3 Å². The van der Waals surface area contributed by atoms with Crippen LogP contribution in [0.3, 0.4) is 0 Å². The first-order valence-electron chi connectivity index (χ1n) is 6.08. The van der Waals surface area contributed by atoms with E-state index in [0.29, 0.717) is 10.7 Å². The lowest BCUT2D eigenvalue weighted by molar-refractivity contribution is 0.0139. The van der Waals surface area contributed by atoms with Crippen molar-refractivity contribution in [1.82, 2.24) is 9.88 Å². The molecule has 0 radical (unpaired) electrons. The Morgan fingerprint density at radius 1 is 1.44 bits per heavy atom. The third kappa shape index (κ3) is 3.43. The number of rotatable bonds is 2. The van der Waals surface area contributed by atoms with Gasteiger partial charge in [0.05, 0.1) is 5.56 Å². The molecule has 98 valence electrons. The second kappa shape index (κ2) is 5.67. The number of hydrogen-bond donors (Lipinski definition) is 0. The average molecular weight is 269 g/mol. The highest BCUT2D eigenvalue weighted by Crippen LogP contribution is 2.16. The molecular formula is C13H17ClN2O2. The normalized spacial score (nSPS) is 17.7. The van der Waals surface area contributed by atoms with Crippen molar-refractivity contribution >= 4 is 17.6 Å². The van der Waals surface area contributed by atoms with E-state index in [9.17, 15) is 4.79 Å². The number of nitrogens with zero attached hydrogens (tertiary/aromatic N) is 2. The summed E-state index contributed by atoms with van der Waals surface area (Å²) in [5.41, 5.74) is 1.20. The lowest BCUT2D eigenvalue weighted by Gasteiger charge is -2.28. The van der Waals surface area contributed by atoms with Crippen LogP contribution >= 0.6 is 11.6 Å². The monoisotopic (exact) mass is 268 g/mol. The maximum atomic E-state index is 12.0. The Kier molecular flexibility index (Phi) is 4.19. The number of pyridine rings is 1. The van der Waals surface area contributed by atoms with Gasteiger partial charge < -0.3 is 9.64 Å². The van der Waals surface area contributed by atoms with E-state index in [0.717, 1.165) is 31.6 Å². The van der Waals surface area contributed by atoms with E-state index in [1.165, 1.54) is 0 Å². The Balaban J connectivity index is 1.99. The number of ether oxygens (including phenoxy) is 1. The fourth-order valence-corrected chi connectivity index (χ4v) is 2.32. The summed E-state index contributed by atoms with van der Waals surface area (Å²) in [5.74, 6) is -0.308. The lowest BCUT2D eigenvalue weighted by Crippen LogP contribution is -2.35. The van der Waals surface area contributed by atoms with Gasteiger partial charge in [-0.2, -0.15) is 0 Å². The van der Waals surface area contributed by atoms with Gasteiger partial charge in [-0.15, -0.1) is 0 Å². The molecule has 5 heteroatoms. The zero-order chi connectivity index (χ0) is 13.1. The van der Waals surface area contributed by atoms with Gasteiger partial charge in [-0.05, 0) is 38.9 Å². The first kappa shape index (κ1) is 13.3. The number of carbonyl (C=O) groups excluding carboxylic acids is 1. The zero-order valence-corrected chi connectivity index (χ0v) is 11.4. The lowest BCUT2D eigenvalue weighted by atomic mass is 10.1. The molecule has 0 spiro atoms. The molecule has 4 nitrogen and oxygen atoms in total. The van der Waals surface area contributed by atoms with Crippen molar-refractivity contribution in [1.29, 1.82) is 0 Å². The Morgan fingerprint density at radius 2 is 2.11 bits per heavy atom. The van der Waals surface area contributed by atoms with Gasteiger partial charge in [0, 0.05) is 18.8 Å². The molecular weight excluding hydrogens is 252 g/mol. The topological polar surface area (TPSA) is 42.4 Å². The Labute approximate surface area is 112 Å². The predicted octanol–water partition coefficient (Wildman–Crippen LogP) is 2.29. The fraction of sp³-hybridized carbons (Fsp3) is 0.538. The van der Waals surface area contributed by atoms with Gasteiger partial charge in [0.2, 0.25) is 0 Å². The summed E-state index contributed by atoms with van der Waals surface area (Å²) in [6.07, 6.45) is 1.79. The van der Waals surface area contributed by atoms with Crippen molar-refractivity contribution in [2.45, 2.75) is 25.9 Å². The standard InChI is InChI=1S/C13H17ClN2O2/c1-9-7-10(8-12(14)15-9)13(17)18-11-3-5-16(2)6-4-11/h7-8,11H,3-6H2,1-2H3. The minimum Gasteiger partial charge on any atom is -0.459 e. The van der Waals surface area contributed by atoms with E-state index in [4.69, 9.17) is 16.3 Å². The van der Waals surface area contributed by atoms with Gasteiger partial charge >= 0.3 is 5.97 Å². The number of aryl methyl sites for hydroxylation is 1. The molecule has 1 aromatic rings. The van der Waals surface area contributed by atoms with Gasteiger partial charge in [-0.25, -0.2) is 9.78 Å². The van der Waals surface area contributed by atoms with E-state index in [-0.39, 0.29) is 12.1 Å². The van der Waals surface area contributed by atoms with Crippen LogP contribution in [0.15, 0.2) is 12.1 Å². The molecule has 2 heterocycles. The number of hydrogen-bond acceptors (Lipinski definition) is 4. The van der Waals surface area contributed by atoms with E-state index < -0.39 is 0 Å². The van der Waals surface area contributed by atoms with Crippen LogP contribution < -0.4 is 0 Å². The van der Waals surface area contributed by atoms with Crippen LogP contribution in [-0.2, 0) is 4.74 Å². The van der Waals surface area contributed by atoms with E-state index in [2.05, 4.69) is 16.9 Å². The van der Waals surface area contributed by atoms with E-state index >= 15 is 0 Å². The molecule has 0 aromatic carbocycles. The average Bonchev–Trinajstić information content (AvgIpc) is 2.31. The second-order valence-electron chi connectivity index (χ2n) is 4.73. The zero-order valence-electron chi connectivity index (χ0n) is 10.6. The van der Waals surface area contributed by atoms with E-state index in [1.807, 2.05) is 0 Å². The van der Waals surface area contributed by atoms with Crippen molar-refractivity contribution in [3.05, 3.63) is 28.5 Å². The summed E-state index contributed by atoms with van der Waals surface area (Å²) < 4.78 is 5.48. The highest BCUT2D eigenvalue weighted by atomic mass is 35.5. The third-order valence-electron chi connectivity index (χ3n) is 3.10. The van der Waals surface area contributed by atoms with Crippen molar-refractivity contribution in [2.75, 3.05) is 20.1 Å². The van der Waals surface area contributed by atoms with Crippen molar-refractivity contribution in [3.8, 4) is 0 Å². The molecule has 2 rings (SSSR count). The molecule has 0 amide bonds. The van der Waals surface area contributed by atoms with Gasteiger partial charge in [0.15, 0.2) is 0 Å². The number of aromatic nitrogens is 1. The van der Waals surface area contributed by atoms with Gasteiger partial charge in [0.25, 0.3) is 0 Å². The molecule has 18 heavy (non-hydrogen) atoms. The molecule has 0 bridgehead atoms. The van der Waals surface area contributed by atoms with Crippen molar-refractivity contribution in [2.24, 2.45) is 0 Å². The molecule has 0 aliphatic carbocycles. The Bertz CT molecular complexity index is 422. The summed E-state index contributed by atoms with van der Waals surface area (Å²) in [5, 5.41) is 0.324. The van der Waals surface area contributed by atoms with Crippen LogP contribution in [0.5, 0.6) is 0 Å². The Hall–Kier alpha value is -1.13. The van der Waals surface area contributed by atoms with Crippen molar-refractivity contribution < 1.29 is 9.53 Å². The maximum Gasteiger partial charge on any atom is 0.338 e. The molecule has 0 saturated carbocycles. The van der Waals surface area contributed by atoms with Crippen LogP contribution in [0.25, 0.3) is 0 Å². The molecule has 1 saturated heterocycles. The van der Waals surface area contributed by atoms with Crippen LogP contribution in [0.4, 0.5) is 0 Å². The number of piperidine rings is 1. The number of carbonyl (C=O) groups is 1. The van der Waals surface area contributed by atoms with Gasteiger partial charge in [-0.1, -0.05) is 11.6 Å². The third-order valence-corrected chi connectivity index (χ3v) is 3.29. The highest BCUT2D eigenvalue weighted by molar-refractivity contribution is 6.29.